The highest BCUT2D eigenvalue weighted by Crippen LogP contribution is 2.20. The van der Waals surface area contributed by atoms with Gasteiger partial charge in [-0.25, -0.2) is 9.36 Å². The molecule has 2 aromatic heterocycles. The van der Waals surface area contributed by atoms with E-state index in [1.807, 2.05) is 0 Å². The molecule has 68 valence electrons. The molecule has 0 aromatic carbocycles. The van der Waals surface area contributed by atoms with Gasteiger partial charge < -0.3 is 5.11 Å². The molecule has 0 saturated heterocycles. The Morgan fingerprint density at radius 2 is 2.15 bits per heavy atom. The van der Waals surface area contributed by atoms with Crippen LogP contribution in [0.3, 0.4) is 0 Å². The number of hydrogen-bond acceptors (Lipinski definition) is 3. The molecular weight excluding hydrogens is 236 g/mol. The number of aromatic nitrogens is 4. The van der Waals surface area contributed by atoms with E-state index in [2.05, 4.69) is 26.1 Å². The summed E-state index contributed by atoms with van der Waals surface area (Å²) in [4.78, 5) is 0. The second kappa shape index (κ2) is 2.88. The first-order chi connectivity index (χ1) is 6.18. The van der Waals surface area contributed by atoms with Crippen LogP contribution in [0.1, 0.15) is 0 Å². The molecule has 2 rings (SSSR count). The van der Waals surface area contributed by atoms with Crippen LogP contribution in [0, 0.1) is 0 Å². The van der Waals surface area contributed by atoms with Crippen molar-refractivity contribution in [3.05, 3.63) is 23.1 Å². The van der Waals surface area contributed by atoms with Gasteiger partial charge in [0.2, 0.25) is 0 Å². The molecule has 5 nitrogen and oxygen atoms in total. The van der Waals surface area contributed by atoms with Crippen molar-refractivity contribution in [2.45, 2.75) is 0 Å². The Morgan fingerprint density at radius 1 is 1.38 bits per heavy atom. The number of aromatic hydroxyl groups is 1. The van der Waals surface area contributed by atoms with Crippen LogP contribution < -0.4 is 0 Å². The first kappa shape index (κ1) is 8.31. The number of hydrogen-bond donors (Lipinski definition) is 1. The first-order valence-electron chi connectivity index (χ1n) is 3.60. The molecule has 2 heterocycles. The van der Waals surface area contributed by atoms with Crippen LogP contribution in [0.15, 0.2) is 23.1 Å². The minimum absolute atomic E-state index is 0.109. The van der Waals surface area contributed by atoms with Crippen molar-refractivity contribution >= 4 is 15.9 Å². The average molecular weight is 243 g/mol. The Balaban J connectivity index is 2.57. The summed E-state index contributed by atoms with van der Waals surface area (Å²) in [5, 5.41) is 17.4. The van der Waals surface area contributed by atoms with Gasteiger partial charge in [0.1, 0.15) is 0 Å². The number of nitrogens with zero attached hydrogens (tertiary/aromatic N) is 4. The van der Waals surface area contributed by atoms with Gasteiger partial charge in [-0.05, 0) is 15.9 Å². The molecule has 6 heteroatoms. The van der Waals surface area contributed by atoms with Gasteiger partial charge in [-0.2, -0.15) is 10.2 Å². The molecule has 13 heavy (non-hydrogen) atoms. The zero-order chi connectivity index (χ0) is 9.42. The van der Waals surface area contributed by atoms with Crippen LogP contribution in [-0.4, -0.2) is 24.7 Å². The van der Waals surface area contributed by atoms with Gasteiger partial charge in [0.25, 0.3) is 0 Å². The normalized spacial score (nSPS) is 10.6. The van der Waals surface area contributed by atoms with Crippen LogP contribution >= 0.6 is 15.9 Å². The molecule has 0 aliphatic carbocycles. The third-order valence-electron chi connectivity index (χ3n) is 1.66. The first-order valence-corrected chi connectivity index (χ1v) is 4.39. The van der Waals surface area contributed by atoms with Gasteiger partial charge in [0, 0.05) is 13.2 Å². The molecule has 1 N–H and O–H groups in total. The topological polar surface area (TPSA) is 55.9 Å². The van der Waals surface area contributed by atoms with Gasteiger partial charge in [0.05, 0.1) is 16.9 Å². The van der Waals surface area contributed by atoms with E-state index in [1.54, 1.807) is 28.8 Å². The van der Waals surface area contributed by atoms with Crippen molar-refractivity contribution in [3.8, 4) is 11.6 Å². The summed E-state index contributed by atoms with van der Waals surface area (Å²) in [6, 6.07) is 0. The molecule has 0 bridgehead atoms. The standard InChI is InChI=1S/C7H7BrN4O/c1-11-7(6(13)3-9-11)12-4-5(8)2-10-12/h2-4,13H,1H3. The maximum atomic E-state index is 9.43. The minimum Gasteiger partial charge on any atom is -0.503 e. The third-order valence-corrected chi connectivity index (χ3v) is 2.07. The van der Waals surface area contributed by atoms with Crippen molar-refractivity contribution in [1.82, 2.24) is 19.6 Å². The third kappa shape index (κ3) is 1.33. The lowest BCUT2D eigenvalue weighted by Gasteiger charge is -2.00. The Morgan fingerprint density at radius 3 is 2.62 bits per heavy atom. The van der Waals surface area contributed by atoms with Crippen molar-refractivity contribution in [2.24, 2.45) is 7.05 Å². The molecular formula is C7H7BrN4O. The molecule has 0 spiro atoms. The van der Waals surface area contributed by atoms with E-state index in [4.69, 9.17) is 0 Å². The fourth-order valence-electron chi connectivity index (χ4n) is 1.10. The summed E-state index contributed by atoms with van der Waals surface area (Å²) in [6.45, 7) is 0. The highest BCUT2D eigenvalue weighted by molar-refractivity contribution is 9.10. The monoisotopic (exact) mass is 242 g/mol. The SMILES string of the molecule is Cn1ncc(O)c1-n1cc(Br)cn1. The molecule has 0 aliphatic rings. The molecule has 2 aromatic rings. The number of halogens is 1. The fraction of sp³-hybridized carbons (Fsp3) is 0.143. The van der Waals surface area contributed by atoms with Gasteiger partial charge in [-0.15, -0.1) is 0 Å². The van der Waals surface area contributed by atoms with Gasteiger partial charge in [0.15, 0.2) is 11.6 Å². The highest BCUT2D eigenvalue weighted by atomic mass is 79.9. The Labute approximate surface area is 82.7 Å². The van der Waals surface area contributed by atoms with E-state index in [0.29, 0.717) is 5.82 Å². The maximum absolute atomic E-state index is 9.43. The van der Waals surface area contributed by atoms with E-state index < -0.39 is 0 Å². The van der Waals surface area contributed by atoms with E-state index >= 15 is 0 Å². The molecule has 0 atom stereocenters. The largest absolute Gasteiger partial charge is 0.503 e. The van der Waals surface area contributed by atoms with Gasteiger partial charge in [-0.3, -0.25) is 0 Å². The Hall–Kier alpha value is -1.30. The van der Waals surface area contributed by atoms with Crippen molar-refractivity contribution in [1.29, 1.82) is 0 Å². The van der Waals surface area contributed by atoms with Crippen molar-refractivity contribution in [2.75, 3.05) is 0 Å². The molecule has 0 fully saturated rings. The second-order valence-corrected chi connectivity index (χ2v) is 3.50. The Kier molecular flexibility index (Phi) is 1.84. The smallest absolute Gasteiger partial charge is 0.194 e. The lowest BCUT2D eigenvalue weighted by molar-refractivity contribution is 0.468. The average Bonchev–Trinajstić information content (AvgIpc) is 2.60. The van der Waals surface area contributed by atoms with Gasteiger partial charge in [-0.1, -0.05) is 0 Å². The van der Waals surface area contributed by atoms with Gasteiger partial charge >= 0.3 is 0 Å². The molecule has 0 radical (unpaired) electrons. The highest BCUT2D eigenvalue weighted by Gasteiger charge is 2.09. The lowest BCUT2D eigenvalue weighted by Crippen LogP contribution is -2.03. The Bertz CT molecular complexity index is 414. The van der Waals surface area contributed by atoms with E-state index in [9.17, 15) is 5.11 Å². The maximum Gasteiger partial charge on any atom is 0.194 e. The van der Waals surface area contributed by atoms with Crippen LogP contribution in [-0.2, 0) is 7.05 Å². The predicted molar refractivity (Wildman–Crippen MR) is 49.7 cm³/mol. The predicted octanol–water partition coefficient (Wildman–Crippen LogP) is 1.07. The second-order valence-electron chi connectivity index (χ2n) is 2.58. The molecule has 0 amide bonds. The molecule has 0 saturated carbocycles. The van der Waals surface area contributed by atoms with E-state index in [-0.39, 0.29) is 5.75 Å². The molecule has 0 aliphatic heterocycles. The van der Waals surface area contributed by atoms with Crippen LogP contribution in [0.2, 0.25) is 0 Å². The summed E-state index contributed by atoms with van der Waals surface area (Å²) < 4.78 is 3.95. The van der Waals surface area contributed by atoms with Crippen molar-refractivity contribution in [3.63, 3.8) is 0 Å². The summed E-state index contributed by atoms with van der Waals surface area (Å²) in [5.74, 6) is 0.656. The number of aryl methyl sites for hydroxylation is 1. The van der Waals surface area contributed by atoms with Crippen LogP contribution in [0.4, 0.5) is 0 Å². The lowest BCUT2D eigenvalue weighted by atomic mass is 10.6. The van der Waals surface area contributed by atoms with E-state index in [1.165, 1.54) is 6.20 Å². The zero-order valence-corrected chi connectivity index (χ0v) is 8.43. The quantitative estimate of drug-likeness (QED) is 0.815. The summed E-state index contributed by atoms with van der Waals surface area (Å²) >= 11 is 3.27. The minimum atomic E-state index is 0.109. The van der Waals surface area contributed by atoms with Crippen LogP contribution in [0.25, 0.3) is 5.82 Å². The summed E-state index contributed by atoms with van der Waals surface area (Å²) in [5.41, 5.74) is 0. The zero-order valence-electron chi connectivity index (χ0n) is 6.85. The van der Waals surface area contributed by atoms with Crippen LogP contribution in [0.5, 0.6) is 5.75 Å². The summed E-state index contributed by atoms with van der Waals surface area (Å²) in [7, 11) is 1.74. The molecule has 0 unspecified atom stereocenters. The number of rotatable bonds is 1. The van der Waals surface area contributed by atoms with E-state index in [0.717, 1.165) is 4.47 Å². The van der Waals surface area contributed by atoms with Crippen molar-refractivity contribution < 1.29 is 5.11 Å². The fourth-order valence-corrected chi connectivity index (χ4v) is 1.39. The summed E-state index contributed by atoms with van der Waals surface area (Å²) in [6.07, 6.45) is 4.77.